The fraction of sp³-hybridized carbons (Fsp3) is 0.462. The Hall–Kier alpha value is -1.05. The van der Waals surface area contributed by atoms with Gasteiger partial charge in [0.05, 0.1) is 17.3 Å². The number of hydrogen-bond acceptors (Lipinski definition) is 3. The number of rotatable bonds is 1. The number of piperidine rings is 1. The number of anilines is 1. The first kappa shape index (κ1) is 12.4. The van der Waals surface area contributed by atoms with Gasteiger partial charge in [0.2, 0.25) is 0 Å². The lowest BCUT2D eigenvalue weighted by Crippen LogP contribution is -2.46. The van der Waals surface area contributed by atoms with E-state index in [1.54, 1.807) is 0 Å². The van der Waals surface area contributed by atoms with Crippen LogP contribution in [-0.2, 0) is 0 Å². The fourth-order valence-corrected chi connectivity index (χ4v) is 3.06. The number of nitrogens with zero attached hydrogens (tertiary/aromatic N) is 2. The number of hydrogen-bond donors (Lipinski definition) is 1. The van der Waals surface area contributed by atoms with Crippen LogP contribution in [-0.4, -0.2) is 19.1 Å². The number of benzene rings is 1. The van der Waals surface area contributed by atoms with Crippen LogP contribution >= 0.6 is 15.9 Å². The molecule has 1 aromatic carbocycles. The molecule has 1 aliphatic rings. The molecule has 90 valence electrons. The van der Waals surface area contributed by atoms with Crippen molar-refractivity contribution < 1.29 is 0 Å². The van der Waals surface area contributed by atoms with Crippen LogP contribution < -0.4 is 10.6 Å². The summed E-state index contributed by atoms with van der Waals surface area (Å²) in [7, 11) is 0. The predicted molar refractivity (Wildman–Crippen MR) is 72.8 cm³/mol. The monoisotopic (exact) mass is 293 g/mol. The van der Waals surface area contributed by atoms with Crippen LogP contribution in [0.2, 0.25) is 0 Å². The first-order valence-corrected chi connectivity index (χ1v) is 6.59. The van der Waals surface area contributed by atoms with Gasteiger partial charge in [-0.15, -0.1) is 0 Å². The molecule has 4 heteroatoms. The molecule has 0 spiro atoms. The molecule has 2 unspecified atom stereocenters. The summed E-state index contributed by atoms with van der Waals surface area (Å²) in [6.45, 7) is 4.14. The Morgan fingerprint density at radius 3 is 2.82 bits per heavy atom. The van der Waals surface area contributed by atoms with Crippen LogP contribution in [0.4, 0.5) is 5.69 Å². The summed E-state index contributed by atoms with van der Waals surface area (Å²) in [5.74, 6) is 0.612. The molecule has 1 aromatic rings. The molecular weight excluding hydrogens is 278 g/mol. The maximum absolute atomic E-state index is 8.84. The van der Waals surface area contributed by atoms with Crippen LogP contribution in [0, 0.1) is 17.2 Å². The molecule has 0 saturated carbocycles. The average Bonchev–Trinajstić information content (AvgIpc) is 2.27. The summed E-state index contributed by atoms with van der Waals surface area (Å²) in [5, 5.41) is 8.84. The SMILES string of the molecule is CC1CC(N)CN(c2ccc(C#N)cc2Br)C1. The zero-order chi connectivity index (χ0) is 12.4. The quantitative estimate of drug-likeness (QED) is 0.865. The second kappa shape index (κ2) is 5.07. The Morgan fingerprint density at radius 2 is 2.24 bits per heavy atom. The Labute approximate surface area is 110 Å². The molecule has 0 aromatic heterocycles. The van der Waals surface area contributed by atoms with Crippen molar-refractivity contribution in [1.29, 1.82) is 5.26 Å². The van der Waals surface area contributed by atoms with Gasteiger partial charge in [0, 0.05) is 23.6 Å². The van der Waals surface area contributed by atoms with Crippen molar-refractivity contribution in [3.05, 3.63) is 28.2 Å². The first-order chi connectivity index (χ1) is 8.10. The highest BCUT2D eigenvalue weighted by Crippen LogP contribution is 2.30. The van der Waals surface area contributed by atoms with Crippen molar-refractivity contribution in [1.82, 2.24) is 0 Å². The third-order valence-electron chi connectivity index (χ3n) is 3.11. The molecule has 2 atom stereocenters. The van der Waals surface area contributed by atoms with Gasteiger partial charge in [-0.1, -0.05) is 6.92 Å². The van der Waals surface area contributed by atoms with Gasteiger partial charge in [-0.05, 0) is 46.5 Å². The second-order valence-electron chi connectivity index (χ2n) is 4.78. The van der Waals surface area contributed by atoms with Crippen molar-refractivity contribution in [2.24, 2.45) is 11.7 Å². The van der Waals surface area contributed by atoms with Gasteiger partial charge in [-0.25, -0.2) is 0 Å². The van der Waals surface area contributed by atoms with E-state index in [1.807, 2.05) is 18.2 Å². The third-order valence-corrected chi connectivity index (χ3v) is 3.74. The van der Waals surface area contributed by atoms with E-state index in [2.05, 4.69) is 33.8 Å². The van der Waals surface area contributed by atoms with Crippen LogP contribution in [0.5, 0.6) is 0 Å². The highest BCUT2D eigenvalue weighted by atomic mass is 79.9. The van der Waals surface area contributed by atoms with Gasteiger partial charge < -0.3 is 10.6 Å². The van der Waals surface area contributed by atoms with E-state index >= 15 is 0 Å². The molecule has 17 heavy (non-hydrogen) atoms. The Balaban J connectivity index is 2.25. The van der Waals surface area contributed by atoms with Gasteiger partial charge in [0.1, 0.15) is 0 Å². The topological polar surface area (TPSA) is 53.0 Å². The van der Waals surface area contributed by atoms with Crippen molar-refractivity contribution >= 4 is 21.6 Å². The molecule has 0 aliphatic carbocycles. The maximum Gasteiger partial charge on any atom is 0.0992 e. The van der Waals surface area contributed by atoms with E-state index in [1.165, 1.54) is 0 Å². The lowest BCUT2D eigenvalue weighted by molar-refractivity contribution is 0.401. The summed E-state index contributed by atoms with van der Waals surface area (Å²) in [6.07, 6.45) is 1.09. The Bertz CT molecular complexity index is 442. The van der Waals surface area contributed by atoms with Crippen molar-refractivity contribution in [2.45, 2.75) is 19.4 Å². The molecular formula is C13H16BrN3. The summed E-state index contributed by atoms with van der Waals surface area (Å²) >= 11 is 3.53. The lowest BCUT2D eigenvalue weighted by atomic mass is 9.96. The van der Waals surface area contributed by atoms with Crippen molar-refractivity contribution in [3.63, 3.8) is 0 Å². The zero-order valence-electron chi connectivity index (χ0n) is 9.86. The largest absolute Gasteiger partial charge is 0.369 e. The van der Waals surface area contributed by atoms with Gasteiger partial charge in [-0.2, -0.15) is 5.26 Å². The van der Waals surface area contributed by atoms with Gasteiger partial charge in [0.15, 0.2) is 0 Å². The highest BCUT2D eigenvalue weighted by Gasteiger charge is 2.23. The fourth-order valence-electron chi connectivity index (χ4n) is 2.43. The Morgan fingerprint density at radius 1 is 1.47 bits per heavy atom. The maximum atomic E-state index is 8.84. The lowest BCUT2D eigenvalue weighted by Gasteiger charge is -2.37. The minimum atomic E-state index is 0.237. The molecule has 0 amide bonds. The molecule has 1 fully saturated rings. The van der Waals surface area contributed by atoms with Crippen LogP contribution in [0.1, 0.15) is 18.9 Å². The third kappa shape index (κ3) is 2.80. The highest BCUT2D eigenvalue weighted by molar-refractivity contribution is 9.10. The van der Waals surface area contributed by atoms with E-state index in [0.717, 1.165) is 29.7 Å². The summed E-state index contributed by atoms with van der Waals surface area (Å²) < 4.78 is 0.970. The van der Waals surface area contributed by atoms with Crippen LogP contribution in [0.3, 0.4) is 0 Å². The van der Waals surface area contributed by atoms with Gasteiger partial charge in [0.25, 0.3) is 0 Å². The number of nitriles is 1. The zero-order valence-corrected chi connectivity index (χ0v) is 11.4. The Kier molecular flexibility index (Phi) is 3.70. The minimum absolute atomic E-state index is 0.237. The van der Waals surface area contributed by atoms with E-state index < -0.39 is 0 Å². The normalized spacial score (nSPS) is 24.5. The van der Waals surface area contributed by atoms with Crippen LogP contribution in [0.15, 0.2) is 22.7 Å². The van der Waals surface area contributed by atoms with E-state index in [4.69, 9.17) is 11.0 Å². The average molecular weight is 294 g/mol. The van der Waals surface area contributed by atoms with Crippen molar-refractivity contribution in [3.8, 4) is 6.07 Å². The minimum Gasteiger partial charge on any atom is -0.369 e. The first-order valence-electron chi connectivity index (χ1n) is 5.80. The van der Waals surface area contributed by atoms with E-state index in [0.29, 0.717) is 11.5 Å². The standard InChI is InChI=1S/C13H16BrN3/c1-9-4-11(16)8-17(7-9)13-3-2-10(6-15)5-12(13)14/h2-3,5,9,11H,4,7-8,16H2,1H3. The molecule has 1 saturated heterocycles. The molecule has 3 nitrogen and oxygen atoms in total. The van der Waals surface area contributed by atoms with E-state index in [-0.39, 0.29) is 6.04 Å². The molecule has 2 N–H and O–H groups in total. The van der Waals surface area contributed by atoms with Gasteiger partial charge in [-0.3, -0.25) is 0 Å². The summed E-state index contributed by atoms with van der Waals surface area (Å²) in [5.41, 5.74) is 7.86. The second-order valence-corrected chi connectivity index (χ2v) is 5.64. The molecule has 0 bridgehead atoms. The van der Waals surface area contributed by atoms with E-state index in [9.17, 15) is 0 Å². The smallest absolute Gasteiger partial charge is 0.0992 e. The van der Waals surface area contributed by atoms with Crippen molar-refractivity contribution in [2.75, 3.05) is 18.0 Å². The molecule has 2 rings (SSSR count). The number of halogens is 1. The van der Waals surface area contributed by atoms with Gasteiger partial charge >= 0.3 is 0 Å². The predicted octanol–water partition coefficient (Wildman–Crippen LogP) is 2.49. The summed E-state index contributed by atoms with van der Waals surface area (Å²) in [6, 6.07) is 8.09. The molecule has 1 aliphatic heterocycles. The summed E-state index contributed by atoms with van der Waals surface area (Å²) in [4.78, 5) is 2.30. The number of nitrogens with two attached hydrogens (primary N) is 1. The molecule has 0 radical (unpaired) electrons. The van der Waals surface area contributed by atoms with Crippen LogP contribution in [0.25, 0.3) is 0 Å². The molecule has 1 heterocycles.